The number of rotatable bonds is 12. The van der Waals surface area contributed by atoms with Crippen molar-refractivity contribution in [3.8, 4) is 22.9 Å². The SMILES string of the molecule is C=C(C)Cn1c(SCC(=O)N/N=C/c2ccc(OCc3ccccc3)c(OC)c2)nnc1-c1ccc(Br)cc1. The molecule has 200 valence electrons. The first-order chi connectivity index (χ1) is 18.9. The van der Waals surface area contributed by atoms with Crippen LogP contribution >= 0.6 is 27.7 Å². The Balaban J connectivity index is 1.34. The van der Waals surface area contributed by atoms with E-state index in [9.17, 15) is 4.79 Å². The van der Waals surface area contributed by atoms with Crippen molar-refractivity contribution in [3.63, 3.8) is 0 Å². The summed E-state index contributed by atoms with van der Waals surface area (Å²) < 4.78 is 14.3. The molecule has 0 aliphatic carbocycles. The van der Waals surface area contributed by atoms with E-state index in [4.69, 9.17) is 9.47 Å². The molecular formula is C29H28BrN5O3S. The molecule has 4 aromatic rings. The Morgan fingerprint density at radius 2 is 1.87 bits per heavy atom. The second-order valence-corrected chi connectivity index (χ2v) is 10.5. The van der Waals surface area contributed by atoms with E-state index in [1.807, 2.05) is 78.2 Å². The molecule has 0 radical (unpaired) electrons. The third-order valence-electron chi connectivity index (χ3n) is 5.41. The number of nitrogens with zero attached hydrogens (tertiary/aromatic N) is 4. The number of allylic oxidation sites excluding steroid dienone is 1. The van der Waals surface area contributed by atoms with E-state index >= 15 is 0 Å². The van der Waals surface area contributed by atoms with Gasteiger partial charge in [0.05, 0.1) is 19.1 Å². The largest absolute Gasteiger partial charge is 0.493 e. The number of aromatic nitrogens is 3. The molecule has 0 saturated heterocycles. The second-order valence-electron chi connectivity index (χ2n) is 8.62. The summed E-state index contributed by atoms with van der Waals surface area (Å²) in [5, 5.41) is 13.4. The number of hydrazone groups is 1. The Hall–Kier alpha value is -3.89. The quantitative estimate of drug-likeness (QED) is 0.0906. The molecule has 1 amide bonds. The molecule has 0 fully saturated rings. The molecule has 0 atom stereocenters. The maximum absolute atomic E-state index is 12.5. The van der Waals surface area contributed by atoms with Gasteiger partial charge in [-0.15, -0.1) is 10.2 Å². The number of halogens is 1. The minimum absolute atomic E-state index is 0.127. The molecule has 39 heavy (non-hydrogen) atoms. The van der Waals surface area contributed by atoms with Crippen molar-refractivity contribution in [3.05, 3.63) is 101 Å². The van der Waals surface area contributed by atoms with E-state index in [0.29, 0.717) is 29.8 Å². The monoisotopic (exact) mass is 605 g/mol. The highest BCUT2D eigenvalue weighted by Gasteiger charge is 2.16. The summed E-state index contributed by atoms with van der Waals surface area (Å²) in [5.41, 5.74) is 6.27. The van der Waals surface area contributed by atoms with Crippen molar-refractivity contribution < 1.29 is 14.3 Å². The summed E-state index contributed by atoms with van der Waals surface area (Å²) in [6.07, 6.45) is 1.56. The fourth-order valence-electron chi connectivity index (χ4n) is 3.58. The molecule has 10 heteroatoms. The zero-order valence-corrected chi connectivity index (χ0v) is 24.0. The maximum atomic E-state index is 12.5. The Bertz CT molecular complexity index is 1460. The van der Waals surface area contributed by atoms with Gasteiger partial charge in [-0.1, -0.05) is 82.3 Å². The number of nitrogens with one attached hydrogen (secondary N) is 1. The van der Waals surface area contributed by atoms with Crippen molar-refractivity contribution in [2.75, 3.05) is 12.9 Å². The highest BCUT2D eigenvalue weighted by atomic mass is 79.9. The van der Waals surface area contributed by atoms with Gasteiger partial charge in [-0.2, -0.15) is 5.10 Å². The molecule has 3 aromatic carbocycles. The average molecular weight is 607 g/mol. The molecule has 1 N–H and O–H groups in total. The average Bonchev–Trinajstić information content (AvgIpc) is 3.33. The second kappa shape index (κ2) is 13.8. The lowest BCUT2D eigenvalue weighted by atomic mass is 10.2. The zero-order valence-electron chi connectivity index (χ0n) is 21.6. The summed E-state index contributed by atoms with van der Waals surface area (Å²) >= 11 is 4.74. The van der Waals surface area contributed by atoms with Gasteiger partial charge in [-0.25, -0.2) is 5.43 Å². The number of methoxy groups -OCH3 is 1. The number of benzene rings is 3. The van der Waals surface area contributed by atoms with Gasteiger partial charge in [0.2, 0.25) is 0 Å². The molecule has 8 nitrogen and oxygen atoms in total. The standard InChI is InChI=1S/C29H28BrN5O3S/c1-20(2)17-35-28(23-10-12-24(30)13-11-23)33-34-29(35)39-19-27(36)32-31-16-22-9-14-25(26(15-22)37-3)38-18-21-7-5-4-6-8-21/h4-16H,1,17-19H2,2-3H3,(H,32,36)/b31-16+. The molecule has 0 aliphatic rings. The van der Waals surface area contributed by atoms with Crippen molar-refractivity contribution >= 4 is 39.8 Å². The molecule has 0 spiro atoms. The van der Waals surface area contributed by atoms with E-state index in [1.54, 1.807) is 19.4 Å². The number of amides is 1. The van der Waals surface area contributed by atoms with Crippen molar-refractivity contribution in [1.82, 2.24) is 20.2 Å². The first-order valence-corrected chi connectivity index (χ1v) is 13.8. The van der Waals surface area contributed by atoms with Crippen LogP contribution in [0.25, 0.3) is 11.4 Å². The van der Waals surface area contributed by atoms with E-state index in [1.165, 1.54) is 11.8 Å². The smallest absolute Gasteiger partial charge is 0.250 e. The summed E-state index contributed by atoms with van der Waals surface area (Å²) in [6.45, 7) is 6.94. The van der Waals surface area contributed by atoms with E-state index in [-0.39, 0.29) is 11.7 Å². The summed E-state index contributed by atoms with van der Waals surface area (Å²) in [4.78, 5) is 12.5. The van der Waals surface area contributed by atoms with Crippen molar-refractivity contribution in [1.29, 1.82) is 0 Å². The lowest BCUT2D eigenvalue weighted by molar-refractivity contribution is -0.118. The molecule has 0 aliphatic heterocycles. The lowest BCUT2D eigenvalue weighted by Gasteiger charge is -2.11. The Labute approximate surface area is 240 Å². The van der Waals surface area contributed by atoms with Crippen LogP contribution in [0.3, 0.4) is 0 Å². The minimum atomic E-state index is -0.263. The molecule has 1 heterocycles. The first kappa shape index (κ1) is 28.1. The number of hydrogen-bond acceptors (Lipinski definition) is 7. The summed E-state index contributed by atoms with van der Waals surface area (Å²) in [5.74, 6) is 1.79. The van der Waals surface area contributed by atoms with Crippen LogP contribution in [0.5, 0.6) is 11.5 Å². The van der Waals surface area contributed by atoms with Crippen LogP contribution in [-0.4, -0.2) is 39.7 Å². The van der Waals surface area contributed by atoms with E-state index < -0.39 is 0 Å². The molecular weight excluding hydrogens is 578 g/mol. The third-order valence-corrected chi connectivity index (χ3v) is 6.90. The number of ether oxygens (including phenoxy) is 2. The zero-order chi connectivity index (χ0) is 27.6. The molecule has 0 bridgehead atoms. The van der Waals surface area contributed by atoms with Crippen molar-refractivity contribution in [2.24, 2.45) is 5.10 Å². The number of carbonyl (C=O) groups excluding carboxylic acids is 1. The number of hydrogen-bond donors (Lipinski definition) is 1. The predicted molar refractivity (Wildman–Crippen MR) is 158 cm³/mol. The van der Waals surface area contributed by atoms with E-state index in [2.05, 4.69) is 43.2 Å². The summed E-state index contributed by atoms with van der Waals surface area (Å²) in [6, 6.07) is 23.2. The van der Waals surface area contributed by atoms with Crippen LogP contribution in [0.1, 0.15) is 18.1 Å². The molecule has 4 rings (SSSR count). The minimum Gasteiger partial charge on any atom is -0.493 e. The maximum Gasteiger partial charge on any atom is 0.250 e. The Morgan fingerprint density at radius 3 is 2.59 bits per heavy atom. The Kier molecular flexibility index (Phi) is 9.93. The predicted octanol–water partition coefficient (Wildman–Crippen LogP) is 6.11. The van der Waals surface area contributed by atoms with Gasteiger partial charge >= 0.3 is 0 Å². The normalized spacial score (nSPS) is 10.9. The molecule has 0 unspecified atom stereocenters. The van der Waals surface area contributed by atoms with Crippen LogP contribution in [0.2, 0.25) is 0 Å². The fraction of sp³-hybridized carbons (Fsp3) is 0.172. The third kappa shape index (κ3) is 8.05. The van der Waals surface area contributed by atoms with Crippen LogP contribution in [0.4, 0.5) is 0 Å². The van der Waals surface area contributed by atoms with Gasteiger partial charge in [0.1, 0.15) is 6.61 Å². The van der Waals surface area contributed by atoms with Crippen LogP contribution in [0.15, 0.2) is 99.7 Å². The van der Waals surface area contributed by atoms with Gasteiger partial charge in [-0.05, 0) is 48.4 Å². The first-order valence-electron chi connectivity index (χ1n) is 12.1. The topological polar surface area (TPSA) is 90.6 Å². The van der Waals surface area contributed by atoms with Crippen LogP contribution in [-0.2, 0) is 17.9 Å². The van der Waals surface area contributed by atoms with Gasteiger partial charge in [-0.3, -0.25) is 9.36 Å². The lowest BCUT2D eigenvalue weighted by Crippen LogP contribution is -2.20. The van der Waals surface area contributed by atoms with E-state index in [0.717, 1.165) is 32.6 Å². The number of thioether (sulfide) groups is 1. The Morgan fingerprint density at radius 1 is 1.10 bits per heavy atom. The van der Waals surface area contributed by atoms with Gasteiger partial charge in [0.15, 0.2) is 22.5 Å². The molecule has 1 aromatic heterocycles. The van der Waals surface area contributed by atoms with Crippen LogP contribution in [0, 0.1) is 0 Å². The molecule has 0 saturated carbocycles. The van der Waals surface area contributed by atoms with Crippen LogP contribution < -0.4 is 14.9 Å². The van der Waals surface area contributed by atoms with Crippen molar-refractivity contribution in [2.45, 2.75) is 25.2 Å². The summed E-state index contributed by atoms with van der Waals surface area (Å²) in [7, 11) is 1.58. The highest BCUT2D eigenvalue weighted by molar-refractivity contribution is 9.10. The van der Waals surface area contributed by atoms with Gasteiger partial charge in [0.25, 0.3) is 5.91 Å². The van der Waals surface area contributed by atoms with Gasteiger partial charge < -0.3 is 9.47 Å². The number of carbonyl (C=O) groups is 1. The van der Waals surface area contributed by atoms with Gasteiger partial charge in [0, 0.05) is 16.6 Å². The highest BCUT2D eigenvalue weighted by Crippen LogP contribution is 2.29. The fourth-order valence-corrected chi connectivity index (χ4v) is 4.58.